The third-order valence-corrected chi connectivity index (χ3v) is 7.49. The number of rotatable bonds is 8. The van der Waals surface area contributed by atoms with Crippen LogP contribution >= 0.6 is 0 Å². The first kappa shape index (κ1) is 25.7. The summed E-state index contributed by atoms with van der Waals surface area (Å²) in [5.41, 5.74) is 0.902. The molecule has 34 heavy (non-hydrogen) atoms. The molecule has 0 radical (unpaired) electrons. The Morgan fingerprint density at radius 1 is 0.971 bits per heavy atom. The lowest BCUT2D eigenvalue weighted by Gasteiger charge is -2.34. The SMILES string of the molecule is CC(C)NS(=O)(=O)c1ccc(NC(=O)[C@@H](C)N2CCC(C(=O)Nc3ccccc3O)CC2)cc1. The lowest BCUT2D eigenvalue weighted by Crippen LogP contribution is -2.47. The lowest BCUT2D eigenvalue weighted by molar-refractivity contribution is -0.123. The highest BCUT2D eigenvalue weighted by molar-refractivity contribution is 7.89. The molecule has 2 amide bonds. The number of phenols is 1. The number of amides is 2. The van der Waals surface area contributed by atoms with Gasteiger partial charge in [-0.15, -0.1) is 0 Å². The number of anilines is 2. The van der Waals surface area contributed by atoms with Gasteiger partial charge in [-0.3, -0.25) is 14.5 Å². The zero-order chi connectivity index (χ0) is 24.9. The van der Waals surface area contributed by atoms with Gasteiger partial charge in [-0.05, 0) is 83.1 Å². The van der Waals surface area contributed by atoms with E-state index in [1.54, 1.807) is 44.2 Å². The third kappa shape index (κ3) is 6.55. The molecule has 1 atom stereocenters. The van der Waals surface area contributed by atoms with Crippen LogP contribution in [0.2, 0.25) is 0 Å². The number of aromatic hydroxyl groups is 1. The van der Waals surface area contributed by atoms with Gasteiger partial charge in [0.1, 0.15) is 5.75 Å². The minimum absolute atomic E-state index is 0.0281. The summed E-state index contributed by atoms with van der Waals surface area (Å²) in [5, 5.41) is 15.4. The average molecular weight is 489 g/mol. The van der Waals surface area contributed by atoms with Crippen molar-refractivity contribution < 1.29 is 23.1 Å². The van der Waals surface area contributed by atoms with E-state index in [9.17, 15) is 23.1 Å². The molecule has 2 aromatic carbocycles. The Balaban J connectivity index is 1.51. The van der Waals surface area contributed by atoms with Crippen LogP contribution in [0, 0.1) is 5.92 Å². The maximum atomic E-state index is 12.7. The quantitative estimate of drug-likeness (QED) is 0.423. The molecule has 0 spiro atoms. The molecule has 4 N–H and O–H groups in total. The molecule has 2 aromatic rings. The first-order valence-electron chi connectivity index (χ1n) is 11.3. The molecule has 1 aliphatic rings. The number of hydrogen-bond donors (Lipinski definition) is 4. The molecule has 0 saturated carbocycles. The Morgan fingerprint density at radius 2 is 1.59 bits per heavy atom. The molecule has 9 nitrogen and oxygen atoms in total. The summed E-state index contributed by atoms with van der Waals surface area (Å²) >= 11 is 0. The second-order valence-corrected chi connectivity index (χ2v) is 10.5. The Labute approximate surface area is 200 Å². The number of phenolic OH excluding ortho intramolecular Hbond substituents is 1. The molecule has 1 aliphatic heterocycles. The van der Waals surface area contributed by atoms with E-state index in [0.717, 1.165) is 0 Å². The molecule has 184 valence electrons. The second kappa shape index (κ2) is 11.0. The maximum absolute atomic E-state index is 12.7. The molecule has 0 bridgehead atoms. The number of carbonyl (C=O) groups is 2. The van der Waals surface area contributed by atoms with Crippen LogP contribution in [0.25, 0.3) is 0 Å². The summed E-state index contributed by atoms with van der Waals surface area (Å²) in [6.45, 7) is 6.48. The number of piperidine rings is 1. The van der Waals surface area contributed by atoms with E-state index >= 15 is 0 Å². The van der Waals surface area contributed by atoms with Crippen LogP contribution in [-0.2, 0) is 19.6 Å². The molecule has 1 saturated heterocycles. The van der Waals surface area contributed by atoms with Crippen molar-refractivity contribution in [3.05, 3.63) is 48.5 Å². The fourth-order valence-corrected chi connectivity index (χ4v) is 5.12. The van der Waals surface area contributed by atoms with Crippen molar-refractivity contribution in [3.8, 4) is 5.75 Å². The van der Waals surface area contributed by atoms with Crippen LogP contribution in [0.4, 0.5) is 11.4 Å². The van der Waals surface area contributed by atoms with E-state index in [4.69, 9.17) is 0 Å². The lowest BCUT2D eigenvalue weighted by atomic mass is 9.94. The fourth-order valence-electron chi connectivity index (χ4n) is 3.87. The Hall–Kier alpha value is -2.95. The Kier molecular flexibility index (Phi) is 8.29. The van der Waals surface area contributed by atoms with Gasteiger partial charge < -0.3 is 15.7 Å². The first-order valence-corrected chi connectivity index (χ1v) is 12.8. The van der Waals surface area contributed by atoms with E-state index in [1.165, 1.54) is 18.2 Å². The van der Waals surface area contributed by atoms with Crippen LogP contribution < -0.4 is 15.4 Å². The number of para-hydroxylation sites is 2. The van der Waals surface area contributed by atoms with Crippen molar-refractivity contribution in [1.29, 1.82) is 0 Å². The maximum Gasteiger partial charge on any atom is 0.241 e. The van der Waals surface area contributed by atoms with Crippen molar-refractivity contribution in [1.82, 2.24) is 9.62 Å². The first-order chi connectivity index (χ1) is 16.1. The number of hydrogen-bond acceptors (Lipinski definition) is 6. The van der Waals surface area contributed by atoms with E-state index in [-0.39, 0.29) is 34.4 Å². The standard InChI is InChI=1S/C24H32N4O5S/c1-16(2)27-34(32,33)20-10-8-19(9-11-20)25-23(30)17(3)28-14-12-18(13-15-28)24(31)26-21-6-4-5-7-22(21)29/h4-11,16-18,27,29H,12-15H2,1-3H3,(H,25,30)(H,26,31)/t17-/m1/s1. The van der Waals surface area contributed by atoms with Crippen LogP contribution in [0.3, 0.4) is 0 Å². The number of benzene rings is 2. The van der Waals surface area contributed by atoms with Crippen molar-refractivity contribution in [2.45, 2.75) is 50.6 Å². The van der Waals surface area contributed by atoms with Crippen molar-refractivity contribution in [2.75, 3.05) is 23.7 Å². The largest absolute Gasteiger partial charge is 0.506 e. The average Bonchev–Trinajstić information content (AvgIpc) is 2.79. The highest BCUT2D eigenvalue weighted by atomic mass is 32.2. The highest BCUT2D eigenvalue weighted by Gasteiger charge is 2.30. The van der Waals surface area contributed by atoms with Crippen molar-refractivity contribution in [3.63, 3.8) is 0 Å². The molecular weight excluding hydrogens is 456 g/mol. The van der Waals surface area contributed by atoms with Gasteiger partial charge in [0.25, 0.3) is 0 Å². The summed E-state index contributed by atoms with van der Waals surface area (Å²) in [6, 6.07) is 12.0. The molecule has 0 aromatic heterocycles. The monoisotopic (exact) mass is 488 g/mol. The normalized spacial score (nSPS) is 16.2. The molecular formula is C24H32N4O5S. The zero-order valence-electron chi connectivity index (χ0n) is 19.6. The Morgan fingerprint density at radius 3 is 2.18 bits per heavy atom. The zero-order valence-corrected chi connectivity index (χ0v) is 20.4. The Bertz CT molecular complexity index is 1110. The molecule has 0 unspecified atom stereocenters. The number of likely N-dealkylation sites (tertiary alicyclic amines) is 1. The van der Waals surface area contributed by atoms with Gasteiger partial charge in [-0.25, -0.2) is 13.1 Å². The third-order valence-electron chi connectivity index (χ3n) is 5.81. The topological polar surface area (TPSA) is 128 Å². The van der Waals surface area contributed by atoms with Crippen LogP contribution in [-0.4, -0.2) is 55.4 Å². The summed E-state index contributed by atoms with van der Waals surface area (Å²) in [4.78, 5) is 27.5. The number of sulfonamides is 1. The van der Waals surface area contributed by atoms with E-state index < -0.39 is 16.1 Å². The summed E-state index contributed by atoms with van der Waals surface area (Å²) in [6.07, 6.45) is 1.21. The minimum atomic E-state index is -3.59. The predicted molar refractivity (Wildman–Crippen MR) is 131 cm³/mol. The highest BCUT2D eigenvalue weighted by Crippen LogP contribution is 2.25. The van der Waals surface area contributed by atoms with Crippen molar-refractivity contribution in [2.24, 2.45) is 5.92 Å². The number of nitrogens with one attached hydrogen (secondary N) is 3. The summed E-state index contributed by atoms with van der Waals surface area (Å²) in [5.74, 6) is -0.506. The van der Waals surface area contributed by atoms with Crippen LogP contribution in [0.1, 0.15) is 33.6 Å². The van der Waals surface area contributed by atoms with Gasteiger partial charge in [-0.2, -0.15) is 0 Å². The smallest absolute Gasteiger partial charge is 0.241 e. The van der Waals surface area contributed by atoms with Gasteiger partial charge in [0, 0.05) is 17.6 Å². The van der Waals surface area contributed by atoms with E-state index in [1.807, 2.05) is 11.8 Å². The van der Waals surface area contributed by atoms with Gasteiger partial charge in [0.05, 0.1) is 16.6 Å². The molecule has 1 fully saturated rings. The van der Waals surface area contributed by atoms with Gasteiger partial charge in [0.2, 0.25) is 21.8 Å². The number of carbonyl (C=O) groups excluding carboxylic acids is 2. The van der Waals surface area contributed by atoms with Gasteiger partial charge in [-0.1, -0.05) is 12.1 Å². The van der Waals surface area contributed by atoms with Gasteiger partial charge >= 0.3 is 0 Å². The van der Waals surface area contributed by atoms with E-state index in [2.05, 4.69) is 15.4 Å². The minimum Gasteiger partial charge on any atom is -0.506 e. The fraction of sp³-hybridized carbons (Fsp3) is 0.417. The molecule has 0 aliphatic carbocycles. The number of nitrogens with zero attached hydrogens (tertiary/aromatic N) is 1. The van der Waals surface area contributed by atoms with Crippen LogP contribution in [0.15, 0.2) is 53.4 Å². The van der Waals surface area contributed by atoms with Gasteiger partial charge in [0.15, 0.2) is 0 Å². The summed E-state index contributed by atoms with van der Waals surface area (Å²) in [7, 11) is -3.59. The molecule has 10 heteroatoms. The summed E-state index contributed by atoms with van der Waals surface area (Å²) < 4.78 is 27.0. The predicted octanol–water partition coefficient (Wildman–Crippen LogP) is 2.76. The molecule has 3 rings (SSSR count). The van der Waals surface area contributed by atoms with E-state index in [0.29, 0.717) is 37.3 Å². The molecule has 1 heterocycles. The van der Waals surface area contributed by atoms with Crippen molar-refractivity contribution >= 4 is 33.2 Å². The van der Waals surface area contributed by atoms with Crippen LogP contribution in [0.5, 0.6) is 5.75 Å². The second-order valence-electron chi connectivity index (χ2n) is 8.78.